The summed E-state index contributed by atoms with van der Waals surface area (Å²) in [4.78, 5) is 15.1. The molecule has 3 heterocycles. The van der Waals surface area contributed by atoms with E-state index >= 15 is 0 Å². The Hall–Kier alpha value is -1.24. The fourth-order valence-electron chi connectivity index (χ4n) is 3.06. The van der Waals surface area contributed by atoms with E-state index in [0.717, 1.165) is 42.1 Å². The summed E-state index contributed by atoms with van der Waals surface area (Å²) in [7, 11) is 2.21. The predicted molar refractivity (Wildman–Crippen MR) is 88.4 cm³/mol. The van der Waals surface area contributed by atoms with E-state index < -0.39 is 0 Å². The number of thiophene rings is 1. The average molecular weight is 305 g/mol. The highest BCUT2D eigenvalue weighted by Crippen LogP contribution is 2.24. The maximum Gasteiger partial charge on any atom is 0.146 e. The van der Waals surface area contributed by atoms with Crippen LogP contribution >= 0.6 is 11.3 Å². The molecule has 2 aromatic heterocycles. The van der Waals surface area contributed by atoms with Gasteiger partial charge in [-0.25, -0.2) is 9.97 Å². The van der Waals surface area contributed by atoms with Crippen molar-refractivity contribution in [3.8, 4) is 0 Å². The van der Waals surface area contributed by atoms with Crippen LogP contribution in [-0.4, -0.2) is 52.5 Å². The lowest BCUT2D eigenvalue weighted by molar-refractivity contribution is 0.172. The smallest absolute Gasteiger partial charge is 0.146 e. The lowest BCUT2D eigenvalue weighted by Gasteiger charge is -2.29. The van der Waals surface area contributed by atoms with E-state index in [9.17, 15) is 0 Å². The van der Waals surface area contributed by atoms with Gasteiger partial charge in [0.2, 0.25) is 0 Å². The molecule has 0 saturated carbocycles. The number of fused-ring (bicyclic) bond motifs is 1. The normalized spacial score (nSPS) is 21.7. The van der Waals surface area contributed by atoms with E-state index in [0.29, 0.717) is 11.9 Å². The highest BCUT2D eigenvalue weighted by Gasteiger charge is 2.23. The van der Waals surface area contributed by atoms with Crippen LogP contribution in [0.5, 0.6) is 0 Å². The number of likely N-dealkylation sites (N-methyl/N-ethyl adjacent to an activating group) is 1. The number of anilines is 1. The number of hydrogen-bond acceptors (Lipinski definition) is 6. The zero-order valence-corrected chi connectivity index (χ0v) is 13.6. The van der Waals surface area contributed by atoms with Crippen molar-refractivity contribution in [2.24, 2.45) is 0 Å². The number of nitrogens with two attached hydrogens (primary N) is 1. The summed E-state index contributed by atoms with van der Waals surface area (Å²) in [5.41, 5.74) is 6.06. The van der Waals surface area contributed by atoms with Crippen molar-refractivity contribution in [1.29, 1.82) is 0 Å². The van der Waals surface area contributed by atoms with Crippen molar-refractivity contribution >= 4 is 27.4 Å². The van der Waals surface area contributed by atoms with Crippen molar-refractivity contribution in [2.75, 3.05) is 32.4 Å². The first-order valence-electron chi connectivity index (χ1n) is 7.59. The average Bonchev–Trinajstić information content (AvgIpc) is 2.85. The fourth-order valence-corrected chi connectivity index (χ4v) is 3.86. The molecular weight excluding hydrogens is 282 g/mol. The van der Waals surface area contributed by atoms with Gasteiger partial charge in [-0.15, -0.1) is 11.3 Å². The lowest BCUT2D eigenvalue weighted by atomic mass is 10.2. The molecule has 1 aliphatic heterocycles. The first-order valence-corrected chi connectivity index (χ1v) is 8.47. The molecule has 0 radical (unpaired) electrons. The molecule has 3 rings (SSSR count). The van der Waals surface area contributed by atoms with Crippen LogP contribution < -0.4 is 5.73 Å². The maximum absolute atomic E-state index is 6.06. The summed E-state index contributed by atoms with van der Waals surface area (Å²) in [5.74, 6) is 1.46. The standard InChI is InChI=1S/C15H23N5S/c1-3-11-9-19(2)6-4-7-20(11)10-13-17-14(16)12-5-8-21-15(12)18-13/h5,8,11H,3-4,6-7,9-10H2,1-2H3,(H2,16,17,18). The molecule has 5 nitrogen and oxygen atoms in total. The van der Waals surface area contributed by atoms with Crippen molar-refractivity contribution < 1.29 is 0 Å². The van der Waals surface area contributed by atoms with Gasteiger partial charge in [-0.2, -0.15) is 0 Å². The second-order valence-corrected chi connectivity index (χ2v) is 6.71. The van der Waals surface area contributed by atoms with Crippen molar-refractivity contribution in [2.45, 2.75) is 32.4 Å². The van der Waals surface area contributed by atoms with Gasteiger partial charge in [-0.05, 0) is 37.9 Å². The molecule has 0 amide bonds. The molecule has 1 fully saturated rings. The zero-order valence-electron chi connectivity index (χ0n) is 12.7. The highest BCUT2D eigenvalue weighted by molar-refractivity contribution is 7.16. The minimum absolute atomic E-state index is 0.571. The Bertz CT molecular complexity index is 611. The van der Waals surface area contributed by atoms with Crippen LogP contribution in [-0.2, 0) is 6.54 Å². The Kier molecular flexibility index (Phi) is 4.37. The summed E-state index contributed by atoms with van der Waals surface area (Å²) in [6.07, 6.45) is 2.35. The zero-order chi connectivity index (χ0) is 14.8. The van der Waals surface area contributed by atoms with Gasteiger partial charge in [0.25, 0.3) is 0 Å². The summed E-state index contributed by atoms with van der Waals surface area (Å²) in [6.45, 7) is 6.45. The number of aromatic nitrogens is 2. The van der Waals surface area contributed by atoms with Gasteiger partial charge in [0, 0.05) is 19.1 Å². The van der Waals surface area contributed by atoms with Gasteiger partial charge in [-0.1, -0.05) is 6.92 Å². The molecule has 1 aliphatic rings. The molecule has 6 heteroatoms. The van der Waals surface area contributed by atoms with Crippen LogP contribution in [0.15, 0.2) is 11.4 Å². The molecule has 0 spiro atoms. The molecule has 0 aliphatic carbocycles. The quantitative estimate of drug-likeness (QED) is 0.942. The van der Waals surface area contributed by atoms with Crippen LogP contribution in [0.1, 0.15) is 25.6 Å². The first-order chi connectivity index (χ1) is 10.2. The van der Waals surface area contributed by atoms with Gasteiger partial charge in [0.1, 0.15) is 16.5 Å². The van der Waals surface area contributed by atoms with E-state index in [4.69, 9.17) is 5.73 Å². The molecule has 1 atom stereocenters. The molecule has 0 aromatic carbocycles. The summed E-state index contributed by atoms with van der Waals surface area (Å²) in [6, 6.07) is 2.57. The SMILES string of the molecule is CCC1CN(C)CCCN1Cc1nc(N)c2ccsc2n1. The van der Waals surface area contributed by atoms with E-state index in [-0.39, 0.29) is 0 Å². The summed E-state index contributed by atoms with van der Waals surface area (Å²) < 4.78 is 0. The third-order valence-corrected chi connectivity index (χ3v) is 5.05. The van der Waals surface area contributed by atoms with Crippen LogP contribution in [0, 0.1) is 0 Å². The molecule has 2 aromatic rings. The Labute approximate surface area is 129 Å². The molecule has 21 heavy (non-hydrogen) atoms. The Morgan fingerprint density at radius 1 is 1.38 bits per heavy atom. The molecule has 0 bridgehead atoms. The molecule has 1 saturated heterocycles. The minimum Gasteiger partial charge on any atom is -0.383 e. The van der Waals surface area contributed by atoms with E-state index in [1.54, 1.807) is 11.3 Å². The van der Waals surface area contributed by atoms with Gasteiger partial charge in [0.15, 0.2) is 0 Å². The topological polar surface area (TPSA) is 58.3 Å². The fraction of sp³-hybridized carbons (Fsp3) is 0.600. The second kappa shape index (κ2) is 6.25. The van der Waals surface area contributed by atoms with Crippen molar-refractivity contribution in [3.05, 3.63) is 17.3 Å². The molecular formula is C15H23N5S. The van der Waals surface area contributed by atoms with Crippen LogP contribution in [0.3, 0.4) is 0 Å². The van der Waals surface area contributed by atoms with E-state index in [1.165, 1.54) is 13.0 Å². The van der Waals surface area contributed by atoms with E-state index in [2.05, 4.69) is 33.7 Å². The Morgan fingerprint density at radius 2 is 2.24 bits per heavy atom. The molecule has 1 unspecified atom stereocenters. The Balaban J connectivity index is 1.82. The van der Waals surface area contributed by atoms with Crippen molar-refractivity contribution in [3.63, 3.8) is 0 Å². The third-order valence-electron chi connectivity index (χ3n) is 4.24. The van der Waals surface area contributed by atoms with Crippen LogP contribution in [0.2, 0.25) is 0 Å². The van der Waals surface area contributed by atoms with Crippen molar-refractivity contribution in [1.82, 2.24) is 19.8 Å². The number of nitrogen functional groups attached to an aromatic ring is 1. The first kappa shape index (κ1) is 14.7. The summed E-state index contributed by atoms with van der Waals surface area (Å²) >= 11 is 1.63. The van der Waals surface area contributed by atoms with Gasteiger partial charge in [-0.3, -0.25) is 4.90 Å². The predicted octanol–water partition coefficient (Wildman–Crippen LogP) is 2.19. The van der Waals surface area contributed by atoms with Crippen LogP contribution in [0.4, 0.5) is 5.82 Å². The van der Waals surface area contributed by atoms with E-state index in [1.807, 2.05) is 11.4 Å². The maximum atomic E-state index is 6.06. The summed E-state index contributed by atoms with van der Waals surface area (Å²) in [5, 5.41) is 3.00. The van der Waals surface area contributed by atoms with Crippen LogP contribution in [0.25, 0.3) is 10.2 Å². The molecule has 114 valence electrons. The Morgan fingerprint density at radius 3 is 3.05 bits per heavy atom. The van der Waals surface area contributed by atoms with Gasteiger partial charge in [0.05, 0.1) is 11.9 Å². The molecule has 2 N–H and O–H groups in total. The van der Waals surface area contributed by atoms with Gasteiger partial charge >= 0.3 is 0 Å². The monoisotopic (exact) mass is 305 g/mol. The third kappa shape index (κ3) is 3.17. The number of nitrogens with zero attached hydrogens (tertiary/aromatic N) is 4. The number of rotatable bonds is 3. The minimum atomic E-state index is 0.571. The van der Waals surface area contributed by atoms with Gasteiger partial charge < -0.3 is 10.6 Å². The highest BCUT2D eigenvalue weighted by atomic mass is 32.1. The lowest BCUT2D eigenvalue weighted by Crippen LogP contribution is -2.39. The number of hydrogen-bond donors (Lipinski definition) is 1. The second-order valence-electron chi connectivity index (χ2n) is 5.81. The largest absolute Gasteiger partial charge is 0.383 e.